The number of nitrogens with zero attached hydrogens (tertiary/aromatic N) is 3. The Bertz CT molecular complexity index is 463. The van der Waals surface area contributed by atoms with E-state index >= 15 is 0 Å². The van der Waals surface area contributed by atoms with Crippen molar-refractivity contribution >= 4 is 22.4 Å². The number of carbonyl (C=O) groups excluding carboxylic acids is 1. The molecule has 0 bridgehead atoms. The number of thiazole rings is 1. The molecule has 0 radical (unpaired) electrons. The highest BCUT2D eigenvalue weighted by molar-refractivity contribution is 7.13. The number of nitrogens with two attached hydrogens (primary N) is 1. The zero-order valence-electron chi connectivity index (χ0n) is 12.0. The van der Waals surface area contributed by atoms with E-state index < -0.39 is 12.0 Å². The van der Waals surface area contributed by atoms with Crippen LogP contribution in [0.1, 0.15) is 24.3 Å². The standard InChI is InChI=1S/C13H22N4O2S/c1-9(2)5-16-3-4-17(7-10(18)6-16)13-15-11(8-20-13)12(14)19/h8-10,18H,3-7H2,1-2H3,(H2,14,19)/t10-/m1/s1. The van der Waals surface area contributed by atoms with E-state index in [1.807, 2.05) is 4.90 Å². The summed E-state index contributed by atoms with van der Waals surface area (Å²) in [6.07, 6.45) is -0.405. The first kappa shape index (κ1) is 15.2. The predicted octanol–water partition coefficient (Wildman–Crippen LogP) is 0.381. The highest BCUT2D eigenvalue weighted by atomic mass is 32.1. The molecule has 7 heteroatoms. The Morgan fingerprint density at radius 3 is 2.90 bits per heavy atom. The first-order valence-electron chi connectivity index (χ1n) is 6.86. The van der Waals surface area contributed by atoms with Gasteiger partial charge in [0.05, 0.1) is 6.10 Å². The van der Waals surface area contributed by atoms with E-state index in [1.54, 1.807) is 5.38 Å². The summed E-state index contributed by atoms with van der Waals surface area (Å²) in [5, 5.41) is 12.5. The number of aromatic nitrogens is 1. The molecule has 3 N–H and O–H groups in total. The number of aliphatic hydroxyl groups is 1. The lowest BCUT2D eigenvalue weighted by Gasteiger charge is -2.22. The average Bonchev–Trinajstić information content (AvgIpc) is 2.76. The van der Waals surface area contributed by atoms with Crippen molar-refractivity contribution in [2.45, 2.75) is 20.0 Å². The largest absolute Gasteiger partial charge is 0.390 e. The van der Waals surface area contributed by atoms with Crippen LogP contribution in [0.2, 0.25) is 0 Å². The molecule has 1 atom stereocenters. The molecule has 0 saturated carbocycles. The molecule has 20 heavy (non-hydrogen) atoms. The fourth-order valence-corrected chi connectivity index (χ4v) is 3.29. The Kier molecular flexibility index (Phi) is 4.95. The molecule has 0 aromatic carbocycles. The van der Waals surface area contributed by atoms with Gasteiger partial charge in [0.1, 0.15) is 5.69 Å². The van der Waals surface area contributed by atoms with Gasteiger partial charge in [-0.15, -0.1) is 11.3 Å². The lowest BCUT2D eigenvalue weighted by atomic mass is 10.2. The third kappa shape index (κ3) is 3.91. The van der Waals surface area contributed by atoms with Crippen molar-refractivity contribution in [3.63, 3.8) is 0 Å². The molecular formula is C13H22N4O2S. The van der Waals surface area contributed by atoms with Crippen LogP contribution < -0.4 is 10.6 Å². The van der Waals surface area contributed by atoms with E-state index in [1.165, 1.54) is 11.3 Å². The van der Waals surface area contributed by atoms with Crippen LogP contribution in [0.15, 0.2) is 5.38 Å². The Labute approximate surface area is 123 Å². The van der Waals surface area contributed by atoms with Gasteiger partial charge in [0.2, 0.25) is 0 Å². The monoisotopic (exact) mass is 298 g/mol. The van der Waals surface area contributed by atoms with Crippen molar-refractivity contribution in [2.24, 2.45) is 11.7 Å². The fraction of sp³-hybridized carbons (Fsp3) is 0.692. The van der Waals surface area contributed by atoms with Gasteiger partial charge in [-0.05, 0) is 5.92 Å². The normalized spacial score (nSPS) is 21.2. The maximum Gasteiger partial charge on any atom is 0.268 e. The van der Waals surface area contributed by atoms with Crippen molar-refractivity contribution < 1.29 is 9.90 Å². The van der Waals surface area contributed by atoms with Gasteiger partial charge in [0.25, 0.3) is 5.91 Å². The van der Waals surface area contributed by atoms with Gasteiger partial charge < -0.3 is 15.7 Å². The molecule has 1 aromatic rings. The second-order valence-electron chi connectivity index (χ2n) is 5.63. The van der Waals surface area contributed by atoms with E-state index in [9.17, 15) is 9.90 Å². The van der Waals surface area contributed by atoms with E-state index in [-0.39, 0.29) is 0 Å². The summed E-state index contributed by atoms with van der Waals surface area (Å²) in [7, 11) is 0. The van der Waals surface area contributed by atoms with Crippen molar-refractivity contribution in [3.8, 4) is 0 Å². The van der Waals surface area contributed by atoms with Gasteiger partial charge in [-0.2, -0.15) is 0 Å². The third-order valence-electron chi connectivity index (χ3n) is 3.22. The minimum atomic E-state index is -0.510. The Morgan fingerprint density at radius 2 is 2.30 bits per heavy atom. The molecule has 1 aliphatic rings. The summed E-state index contributed by atoms with van der Waals surface area (Å²) in [4.78, 5) is 19.6. The van der Waals surface area contributed by atoms with Gasteiger partial charge in [-0.3, -0.25) is 9.69 Å². The lowest BCUT2D eigenvalue weighted by Crippen LogP contribution is -2.35. The minimum Gasteiger partial charge on any atom is -0.390 e. The van der Waals surface area contributed by atoms with Gasteiger partial charge in [0, 0.05) is 38.1 Å². The van der Waals surface area contributed by atoms with Crippen LogP contribution in [0, 0.1) is 5.92 Å². The van der Waals surface area contributed by atoms with E-state index in [4.69, 9.17) is 5.73 Å². The molecule has 0 spiro atoms. The molecule has 0 unspecified atom stereocenters. The smallest absolute Gasteiger partial charge is 0.268 e. The van der Waals surface area contributed by atoms with Crippen LogP contribution in [-0.2, 0) is 0 Å². The van der Waals surface area contributed by atoms with Gasteiger partial charge in [-0.25, -0.2) is 4.98 Å². The number of aliphatic hydroxyl groups excluding tert-OH is 1. The molecule has 2 heterocycles. The minimum absolute atomic E-state index is 0.294. The highest BCUT2D eigenvalue weighted by Crippen LogP contribution is 2.22. The van der Waals surface area contributed by atoms with Crippen LogP contribution in [0.5, 0.6) is 0 Å². The highest BCUT2D eigenvalue weighted by Gasteiger charge is 2.23. The molecule has 0 aliphatic carbocycles. The average molecular weight is 298 g/mol. The Hall–Kier alpha value is -1.18. The van der Waals surface area contributed by atoms with Crippen molar-refractivity contribution in [2.75, 3.05) is 37.6 Å². The molecule has 1 fully saturated rings. The zero-order chi connectivity index (χ0) is 14.7. The quantitative estimate of drug-likeness (QED) is 0.840. The summed E-state index contributed by atoms with van der Waals surface area (Å²) in [5.74, 6) is 0.0689. The summed E-state index contributed by atoms with van der Waals surface area (Å²) in [6.45, 7) is 8.25. The number of amides is 1. The van der Waals surface area contributed by atoms with Crippen LogP contribution >= 0.6 is 11.3 Å². The summed E-state index contributed by atoms with van der Waals surface area (Å²) in [5.41, 5.74) is 5.51. The molecule has 6 nitrogen and oxygen atoms in total. The molecule has 1 aromatic heterocycles. The molecule has 1 aliphatic heterocycles. The first-order valence-corrected chi connectivity index (χ1v) is 7.74. The number of hydrogen-bond donors (Lipinski definition) is 2. The molecule has 2 rings (SSSR count). The Balaban J connectivity index is 2.04. The molecule has 112 valence electrons. The van der Waals surface area contributed by atoms with Crippen LogP contribution in [0.25, 0.3) is 0 Å². The SMILES string of the molecule is CC(C)CN1CCN(c2nc(C(N)=O)cs2)C[C@H](O)C1. The Morgan fingerprint density at radius 1 is 1.55 bits per heavy atom. The van der Waals surface area contributed by atoms with Gasteiger partial charge in [-0.1, -0.05) is 13.8 Å². The van der Waals surface area contributed by atoms with Crippen molar-refractivity contribution in [1.82, 2.24) is 9.88 Å². The van der Waals surface area contributed by atoms with Crippen LogP contribution in [0.4, 0.5) is 5.13 Å². The maximum atomic E-state index is 11.1. The number of hydrogen-bond acceptors (Lipinski definition) is 6. The number of primary amides is 1. The number of anilines is 1. The maximum absolute atomic E-state index is 11.1. The fourth-order valence-electron chi connectivity index (χ4n) is 2.43. The molecule has 1 amide bonds. The van der Waals surface area contributed by atoms with Crippen LogP contribution in [-0.4, -0.2) is 59.7 Å². The summed E-state index contributed by atoms with van der Waals surface area (Å²) >= 11 is 1.40. The van der Waals surface area contributed by atoms with Crippen LogP contribution in [0.3, 0.4) is 0 Å². The number of rotatable bonds is 4. The van der Waals surface area contributed by atoms with E-state index in [0.29, 0.717) is 24.7 Å². The van der Waals surface area contributed by atoms with Gasteiger partial charge in [0.15, 0.2) is 5.13 Å². The van der Waals surface area contributed by atoms with Gasteiger partial charge >= 0.3 is 0 Å². The summed E-state index contributed by atoms with van der Waals surface area (Å²) in [6, 6.07) is 0. The predicted molar refractivity (Wildman–Crippen MR) is 80.1 cm³/mol. The molecular weight excluding hydrogens is 276 g/mol. The summed E-state index contributed by atoms with van der Waals surface area (Å²) < 4.78 is 0. The topological polar surface area (TPSA) is 82.7 Å². The number of carbonyl (C=O) groups is 1. The third-order valence-corrected chi connectivity index (χ3v) is 4.13. The first-order chi connectivity index (χ1) is 9.45. The second kappa shape index (κ2) is 6.51. The van der Waals surface area contributed by atoms with Crippen molar-refractivity contribution in [3.05, 3.63) is 11.1 Å². The molecule has 1 saturated heterocycles. The second-order valence-corrected chi connectivity index (χ2v) is 6.47. The van der Waals surface area contributed by atoms with E-state index in [0.717, 1.165) is 24.8 Å². The lowest BCUT2D eigenvalue weighted by molar-refractivity contribution is 0.0996. The van der Waals surface area contributed by atoms with E-state index in [2.05, 4.69) is 23.7 Å². The zero-order valence-corrected chi connectivity index (χ0v) is 12.8. The number of β-amino-alcohol motifs (C(OH)–C–C–N with tert-alkyl or cyclic N) is 1. The van der Waals surface area contributed by atoms with Crippen molar-refractivity contribution in [1.29, 1.82) is 0 Å².